The van der Waals surface area contributed by atoms with Crippen LogP contribution in [0.5, 0.6) is 0 Å². The Labute approximate surface area is 98.4 Å². The number of alkyl halides is 1. The Morgan fingerprint density at radius 1 is 1.33 bits per heavy atom. The maximum Gasteiger partial charge on any atom is 0.409 e. The van der Waals surface area contributed by atoms with Gasteiger partial charge in [0.25, 0.3) is 5.78 Å². The van der Waals surface area contributed by atoms with Crippen molar-refractivity contribution in [3.05, 3.63) is 0 Å². The Hall–Kier alpha value is -0.420. The molecule has 0 saturated heterocycles. The highest BCUT2D eigenvalue weighted by Gasteiger charge is 2.27. The zero-order valence-electron chi connectivity index (χ0n) is 9.29. The van der Waals surface area contributed by atoms with E-state index >= 15 is 0 Å². The van der Waals surface area contributed by atoms with Gasteiger partial charge in [0.15, 0.2) is 0 Å². The lowest BCUT2D eigenvalue weighted by Crippen LogP contribution is -2.29. The summed E-state index contributed by atoms with van der Waals surface area (Å²) >= 11 is 3.12. The maximum absolute atomic E-state index is 11.3. The summed E-state index contributed by atoms with van der Waals surface area (Å²) in [6.45, 7) is 5.98. The number of unbranched alkanes of at least 4 members (excludes halogenated alkanes) is 1. The highest BCUT2D eigenvalue weighted by atomic mass is 79.9. The normalized spacial score (nSPS) is 12.6. The third-order valence-electron chi connectivity index (χ3n) is 1.75. The van der Waals surface area contributed by atoms with Gasteiger partial charge in [-0.1, -0.05) is 43.1 Å². The number of halogens is 1. The summed E-state index contributed by atoms with van der Waals surface area (Å²) in [5.41, 5.74) is 0. The molecule has 0 aromatic carbocycles. The number of hydrogen-bond acceptors (Lipinski definition) is 4. The van der Waals surface area contributed by atoms with Crippen LogP contribution >= 0.6 is 15.9 Å². The molecule has 1 unspecified atom stereocenters. The van der Waals surface area contributed by atoms with Crippen LogP contribution in [0.4, 0.5) is 0 Å². The van der Waals surface area contributed by atoms with Crippen LogP contribution in [-0.2, 0) is 19.4 Å². The molecule has 0 aliphatic carbocycles. The molecule has 0 fully saturated rings. The standard InChI is InChI=1S/C10H17BrO4/c1-4-5-6-14-15-10(13)9(12)8(11)7(2)3/h7-8H,4-6H2,1-3H3. The van der Waals surface area contributed by atoms with E-state index in [1.807, 2.05) is 20.8 Å². The van der Waals surface area contributed by atoms with Crippen LogP contribution in [0.15, 0.2) is 0 Å². The van der Waals surface area contributed by atoms with E-state index in [0.717, 1.165) is 12.8 Å². The summed E-state index contributed by atoms with van der Waals surface area (Å²) in [6, 6.07) is 0. The van der Waals surface area contributed by atoms with Gasteiger partial charge in [0.1, 0.15) is 0 Å². The van der Waals surface area contributed by atoms with Gasteiger partial charge in [0.2, 0.25) is 0 Å². The molecule has 0 rings (SSSR count). The zero-order chi connectivity index (χ0) is 11.8. The highest BCUT2D eigenvalue weighted by molar-refractivity contribution is 9.10. The van der Waals surface area contributed by atoms with E-state index < -0.39 is 16.6 Å². The number of hydrogen-bond donors (Lipinski definition) is 0. The fourth-order valence-corrected chi connectivity index (χ4v) is 0.942. The SMILES string of the molecule is CCCCOOC(=O)C(=O)C(Br)C(C)C. The number of carbonyl (C=O) groups excluding carboxylic acids is 2. The lowest BCUT2D eigenvalue weighted by molar-refractivity contribution is -0.269. The lowest BCUT2D eigenvalue weighted by atomic mass is 10.1. The number of carbonyl (C=O) groups is 2. The average molecular weight is 281 g/mol. The summed E-state index contributed by atoms with van der Waals surface area (Å²) in [7, 11) is 0. The summed E-state index contributed by atoms with van der Waals surface area (Å²) < 4.78 is 0. The molecule has 0 bridgehead atoms. The first-order valence-corrected chi connectivity index (χ1v) is 5.94. The molecule has 0 aliphatic heterocycles. The van der Waals surface area contributed by atoms with Crippen LogP contribution < -0.4 is 0 Å². The molecular weight excluding hydrogens is 264 g/mol. The molecule has 1 atom stereocenters. The van der Waals surface area contributed by atoms with Gasteiger partial charge in [0.05, 0.1) is 11.4 Å². The summed E-state index contributed by atoms with van der Waals surface area (Å²) in [6.07, 6.45) is 1.74. The van der Waals surface area contributed by atoms with Crippen LogP contribution in [0.25, 0.3) is 0 Å². The van der Waals surface area contributed by atoms with Gasteiger partial charge in [-0.15, -0.1) is 0 Å². The Morgan fingerprint density at radius 2 is 1.93 bits per heavy atom. The van der Waals surface area contributed by atoms with Crippen molar-refractivity contribution in [2.24, 2.45) is 5.92 Å². The fraction of sp³-hybridized carbons (Fsp3) is 0.800. The minimum Gasteiger partial charge on any atom is -0.289 e. The molecule has 0 saturated carbocycles. The van der Waals surface area contributed by atoms with Crippen molar-refractivity contribution in [3.63, 3.8) is 0 Å². The second-order valence-corrected chi connectivity index (χ2v) is 4.54. The van der Waals surface area contributed by atoms with E-state index in [-0.39, 0.29) is 5.92 Å². The molecule has 0 radical (unpaired) electrons. The molecule has 5 heteroatoms. The van der Waals surface area contributed by atoms with Gasteiger partial charge in [-0.3, -0.25) is 9.68 Å². The van der Waals surface area contributed by atoms with E-state index in [4.69, 9.17) is 0 Å². The van der Waals surface area contributed by atoms with E-state index in [9.17, 15) is 9.59 Å². The van der Waals surface area contributed by atoms with Crippen molar-refractivity contribution in [3.8, 4) is 0 Å². The molecular formula is C10H17BrO4. The van der Waals surface area contributed by atoms with Gasteiger partial charge in [-0.25, -0.2) is 4.79 Å². The maximum atomic E-state index is 11.3. The van der Waals surface area contributed by atoms with E-state index in [1.165, 1.54) is 0 Å². The molecule has 0 aromatic heterocycles. The minimum absolute atomic E-state index is 0.0423. The summed E-state index contributed by atoms with van der Waals surface area (Å²) in [5, 5.41) is 0. The fourth-order valence-electron chi connectivity index (χ4n) is 0.755. The Bertz CT molecular complexity index is 215. The molecule has 0 aliphatic rings. The van der Waals surface area contributed by atoms with Crippen LogP contribution in [0.1, 0.15) is 33.6 Å². The van der Waals surface area contributed by atoms with Crippen molar-refractivity contribution in [1.82, 2.24) is 0 Å². The first-order valence-electron chi connectivity index (χ1n) is 5.02. The monoisotopic (exact) mass is 280 g/mol. The summed E-state index contributed by atoms with van der Waals surface area (Å²) in [5.74, 6) is -1.51. The summed E-state index contributed by atoms with van der Waals surface area (Å²) in [4.78, 5) is 30.9. The Morgan fingerprint density at radius 3 is 2.40 bits per heavy atom. The lowest BCUT2D eigenvalue weighted by Gasteiger charge is -2.10. The largest absolute Gasteiger partial charge is 0.409 e. The Kier molecular flexibility index (Phi) is 7.60. The molecule has 88 valence electrons. The second kappa shape index (κ2) is 7.82. The van der Waals surface area contributed by atoms with Gasteiger partial charge in [0, 0.05) is 0 Å². The van der Waals surface area contributed by atoms with Crippen molar-refractivity contribution in [2.75, 3.05) is 6.61 Å². The van der Waals surface area contributed by atoms with Crippen molar-refractivity contribution in [2.45, 2.75) is 38.4 Å². The molecule has 0 heterocycles. The third kappa shape index (κ3) is 5.89. The van der Waals surface area contributed by atoms with Crippen LogP contribution in [0.2, 0.25) is 0 Å². The topological polar surface area (TPSA) is 52.6 Å². The van der Waals surface area contributed by atoms with Gasteiger partial charge in [-0.05, 0) is 12.3 Å². The quantitative estimate of drug-likeness (QED) is 0.236. The number of ketones is 1. The Balaban J connectivity index is 3.84. The molecule has 0 spiro atoms. The first kappa shape index (κ1) is 14.6. The van der Waals surface area contributed by atoms with Crippen molar-refractivity contribution < 1.29 is 19.4 Å². The first-order chi connectivity index (χ1) is 7.00. The van der Waals surface area contributed by atoms with Crippen LogP contribution in [0, 0.1) is 5.92 Å². The van der Waals surface area contributed by atoms with Gasteiger partial charge < -0.3 is 0 Å². The molecule has 4 nitrogen and oxygen atoms in total. The predicted molar refractivity (Wildman–Crippen MR) is 59.5 cm³/mol. The molecule has 0 aromatic rings. The van der Waals surface area contributed by atoms with E-state index in [1.54, 1.807) is 0 Å². The third-order valence-corrected chi connectivity index (χ3v) is 3.23. The van der Waals surface area contributed by atoms with Gasteiger partial charge >= 0.3 is 5.97 Å². The highest BCUT2D eigenvalue weighted by Crippen LogP contribution is 2.13. The van der Waals surface area contributed by atoms with E-state index in [2.05, 4.69) is 25.7 Å². The zero-order valence-corrected chi connectivity index (χ0v) is 10.9. The predicted octanol–water partition coefficient (Wildman–Crippen LogP) is 2.25. The number of rotatable bonds is 7. The number of Topliss-reactive ketones (excluding diaryl/α,β-unsaturated/α-hetero) is 1. The smallest absolute Gasteiger partial charge is 0.289 e. The van der Waals surface area contributed by atoms with Crippen LogP contribution in [0.3, 0.4) is 0 Å². The van der Waals surface area contributed by atoms with E-state index in [0.29, 0.717) is 6.61 Å². The average Bonchev–Trinajstić information content (AvgIpc) is 2.21. The second-order valence-electron chi connectivity index (χ2n) is 3.56. The minimum atomic E-state index is -0.943. The van der Waals surface area contributed by atoms with Crippen molar-refractivity contribution >= 4 is 27.7 Å². The molecule has 15 heavy (non-hydrogen) atoms. The van der Waals surface area contributed by atoms with Crippen LogP contribution in [-0.4, -0.2) is 23.2 Å². The van der Waals surface area contributed by atoms with Crippen molar-refractivity contribution in [1.29, 1.82) is 0 Å². The molecule has 0 amide bonds. The molecule has 0 N–H and O–H groups in total. The van der Waals surface area contributed by atoms with Gasteiger partial charge in [-0.2, -0.15) is 4.89 Å².